The van der Waals surface area contributed by atoms with Gasteiger partial charge in [-0.1, -0.05) is 27.2 Å². The number of aliphatic carboxylic acids is 1. The van der Waals surface area contributed by atoms with Crippen LogP contribution in [-0.4, -0.2) is 23.1 Å². The monoisotopic (exact) mass is 230 g/mol. The minimum absolute atomic E-state index is 0.214. The summed E-state index contributed by atoms with van der Waals surface area (Å²) in [5.41, 5.74) is -1.37. The Labute approximate surface area is 97.0 Å². The molecule has 0 saturated heterocycles. The molecule has 1 unspecified atom stereocenters. The van der Waals surface area contributed by atoms with E-state index in [1.54, 1.807) is 20.8 Å². The van der Waals surface area contributed by atoms with Crippen LogP contribution in [0.15, 0.2) is 0 Å². The number of carbonyl (C=O) groups excluding carboxylic acids is 1. The van der Waals surface area contributed by atoms with Crippen LogP contribution in [0.25, 0.3) is 0 Å². The summed E-state index contributed by atoms with van der Waals surface area (Å²) >= 11 is 0. The van der Waals surface area contributed by atoms with Gasteiger partial charge in [0.2, 0.25) is 0 Å². The van der Waals surface area contributed by atoms with Crippen molar-refractivity contribution in [2.75, 3.05) is 0 Å². The molecule has 0 bridgehead atoms. The molecule has 4 heteroatoms. The Hall–Kier alpha value is -1.06. The topological polar surface area (TPSA) is 63.6 Å². The Kier molecular flexibility index (Phi) is 6.08. The fourth-order valence-corrected chi connectivity index (χ4v) is 1.69. The van der Waals surface area contributed by atoms with E-state index in [1.807, 2.05) is 6.92 Å². The molecule has 0 aliphatic heterocycles. The van der Waals surface area contributed by atoms with Crippen molar-refractivity contribution in [1.29, 1.82) is 0 Å². The molecule has 0 aromatic heterocycles. The Balaban J connectivity index is 4.69. The summed E-state index contributed by atoms with van der Waals surface area (Å²) in [6, 6.07) is 0. The van der Waals surface area contributed by atoms with Gasteiger partial charge in [-0.3, -0.25) is 9.59 Å². The summed E-state index contributed by atoms with van der Waals surface area (Å²) in [6.07, 6.45) is 1.98. The molecule has 0 radical (unpaired) electrons. The Bertz CT molecular complexity index is 243. The Morgan fingerprint density at radius 3 is 2.06 bits per heavy atom. The summed E-state index contributed by atoms with van der Waals surface area (Å²) < 4.78 is 5.18. The minimum Gasteiger partial charge on any atom is -0.480 e. The average Bonchev–Trinajstić information content (AvgIpc) is 2.19. The lowest BCUT2D eigenvalue weighted by molar-refractivity contribution is -0.172. The van der Waals surface area contributed by atoms with Gasteiger partial charge >= 0.3 is 11.9 Å². The lowest BCUT2D eigenvalue weighted by Crippen LogP contribution is -2.41. The Morgan fingerprint density at radius 1 is 1.25 bits per heavy atom. The number of rotatable bonds is 7. The third-order valence-electron chi connectivity index (χ3n) is 3.01. The fraction of sp³-hybridized carbons (Fsp3) is 0.833. The van der Waals surface area contributed by atoms with E-state index in [2.05, 4.69) is 0 Å². The molecule has 0 amide bonds. The number of hydrogen-bond acceptors (Lipinski definition) is 3. The highest BCUT2D eigenvalue weighted by Gasteiger charge is 2.44. The summed E-state index contributed by atoms with van der Waals surface area (Å²) in [5, 5.41) is 9.14. The van der Waals surface area contributed by atoms with Crippen molar-refractivity contribution in [3.8, 4) is 0 Å². The van der Waals surface area contributed by atoms with Crippen LogP contribution >= 0.6 is 0 Å². The molecule has 0 aliphatic carbocycles. The van der Waals surface area contributed by atoms with Crippen LogP contribution in [0.1, 0.15) is 53.4 Å². The highest BCUT2D eigenvalue weighted by atomic mass is 16.5. The van der Waals surface area contributed by atoms with Gasteiger partial charge < -0.3 is 9.84 Å². The predicted molar refractivity (Wildman–Crippen MR) is 61.1 cm³/mol. The van der Waals surface area contributed by atoms with Gasteiger partial charge in [-0.2, -0.15) is 0 Å². The van der Waals surface area contributed by atoms with Gasteiger partial charge in [-0.05, 0) is 26.2 Å². The third kappa shape index (κ3) is 3.22. The van der Waals surface area contributed by atoms with Crippen LogP contribution in [0, 0.1) is 5.41 Å². The largest absolute Gasteiger partial charge is 0.480 e. The van der Waals surface area contributed by atoms with Gasteiger partial charge in [0.25, 0.3) is 0 Å². The fourth-order valence-electron chi connectivity index (χ4n) is 1.69. The summed E-state index contributed by atoms with van der Waals surface area (Å²) in [7, 11) is 0. The van der Waals surface area contributed by atoms with Crippen LogP contribution < -0.4 is 0 Å². The van der Waals surface area contributed by atoms with Gasteiger partial charge in [-0.25, -0.2) is 0 Å². The van der Waals surface area contributed by atoms with Crippen LogP contribution in [0.3, 0.4) is 0 Å². The zero-order valence-corrected chi connectivity index (χ0v) is 10.6. The van der Waals surface area contributed by atoms with Crippen LogP contribution in [0.5, 0.6) is 0 Å². The van der Waals surface area contributed by atoms with E-state index < -0.39 is 17.4 Å². The number of hydrogen-bond donors (Lipinski definition) is 1. The second-order valence-corrected chi connectivity index (χ2v) is 4.10. The van der Waals surface area contributed by atoms with Crippen molar-refractivity contribution in [3.05, 3.63) is 0 Å². The molecule has 0 aromatic carbocycles. The standard InChI is InChI=1S/C12H22O4/c1-5-8-9(4)16-11(15)12(6-2,7-3)10(13)14/h9H,5-8H2,1-4H3,(H,13,14). The zero-order valence-electron chi connectivity index (χ0n) is 10.6. The number of esters is 1. The first-order valence-corrected chi connectivity index (χ1v) is 5.89. The van der Waals surface area contributed by atoms with Gasteiger partial charge in [0.1, 0.15) is 0 Å². The van der Waals surface area contributed by atoms with Gasteiger partial charge in [-0.15, -0.1) is 0 Å². The van der Waals surface area contributed by atoms with Crippen LogP contribution in [0.2, 0.25) is 0 Å². The third-order valence-corrected chi connectivity index (χ3v) is 3.01. The quantitative estimate of drug-likeness (QED) is 0.539. The first kappa shape index (κ1) is 14.9. The lowest BCUT2D eigenvalue weighted by atomic mass is 9.82. The average molecular weight is 230 g/mol. The van der Waals surface area contributed by atoms with Gasteiger partial charge in [0.15, 0.2) is 5.41 Å². The SMILES string of the molecule is CCCC(C)OC(=O)C(CC)(CC)C(=O)O. The molecule has 0 heterocycles. The van der Waals surface area contributed by atoms with Crippen molar-refractivity contribution in [1.82, 2.24) is 0 Å². The maximum atomic E-state index is 11.9. The smallest absolute Gasteiger partial charge is 0.323 e. The van der Waals surface area contributed by atoms with Crippen molar-refractivity contribution in [2.45, 2.75) is 59.5 Å². The summed E-state index contributed by atoms with van der Waals surface area (Å²) in [5.74, 6) is -1.70. The molecule has 0 aliphatic rings. The number of carboxylic acid groups (broad SMARTS) is 1. The molecule has 16 heavy (non-hydrogen) atoms. The highest BCUT2D eigenvalue weighted by Crippen LogP contribution is 2.29. The highest BCUT2D eigenvalue weighted by molar-refractivity contribution is 5.99. The first-order chi connectivity index (χ1) is 7.44. The molecule has 1 N–H and O–H groups in total. The zero-order chi connectivity index (χ0) is 12.8. The predicted octanol–water partition coefficient (Wildman–Crippen LogP) is 2.61. The van der Waals surface area contributed by atoms with Crippen molar-refractivity contribution in [3.63, 3.8) is 0 Å². The van der Waals surface area contributed by atoms with Gasteiger partial charge in [0, 0.05) is 0 Å². The second-order valence-electron chi connectivity index (χ2n) is 4.10. The maximum absolute atomic E-state index is 11.9. The first-order valence-electron chi connectivity index (χ1n) is 5.89. The summed E-state index contributed by atoms with van der Waals surface area (Å²) in [6.45, 7) is 7.18. The van der Waals surface area contributed by atoms with Crippen LogP contribution in [0.4, 0.5) is 0 Å². The molecule has 1 atom stereocenters. The molecule has 94 valence electrons. The lowest BCUT2D eigenvalue weighted by Gasteiger charge is -2.26. The molecule has 0 aromatic rings. The van der Waals surface area contributed by atoms with Crippen molar-refractivity contribution < 1.29 is 19.4 Å². The Morgan fingerprint density at radius 2 is 1.75 bits per heavy atom. The van der Waals surface area contributed by atoms with E-state index in [0.29, 0.717) is 0 Å². The van der Waals surface area contributed by atoms with Crippen molar-refractivity contribution in [2.24, 2.45) is 5.41 Å². The van der Waals surface area contributed by atoms with E-state index >= 15 is 0 Å². The minimum atomic E-state index is -1.37. The normalized spacial score (nSPS) is 13.2. The molecule has 0 saturated carbocycles. The number of carbonyl (C=O) groups is 2. The second kappa shape index (κ2) is 6.51. The van der Waals surface area contributed by atoms with E-state index in [0.717, 1.165) is 12.8 Å². The summed E-state index contributed by atoms with van der Waals surface area (Å²) in [4.78, 5) is 23.0. The van der Waals surface area contributed by atoms with Gasteiger partial charge in [0.05, 0.1) is 6.10 Å². The van der Waals surface area contributed by atoms with Crippen LogP contribution in [-0.2, 0) is 14.3 Å². The molecule has 0 rings (SSSR count). The number of carboxylic acids is 1. The maximum Gasteiger partial charge on any atom is 0.323 e. The van der Waals surface area contributed by atoms with Crippen molar-refractivity contribution >= 4 is 11.9 Å². The van der Waals surface area contributed by atoms with E-state index in [9.17, 15) is 9.59 Å². The molecule has 0 spiro atoms. The van der Waals surface area contributed by atoms with E-state index in [-0.39, 0.29) is 18.9 Å². The van der Waals surface area contributed by atoms with E-state index in [4.69, 9.17) is 9.84 Å². The number of ether oxygens (including phenoxy) is 1. The molecule has 4 nitrogen and oxygen atoms in total. The van der Waals surface area contributed by atoms with E-state index in [1.165, 1.54) is 0 Å². The molecular formula is C12H22O4. The molecule has 0 fully saturated rings. The molecular weight excluding hydrogens is 208 g/mol.